The van der Waals surface area contributed by atoms with Gasteiger partial charge in [0.25, 0.3) is 0 Å². The number of hydrogen-bond acceptors (Lipinski definition) is 8. The number of nitrogens with two attached hydrogens (primary N) is 1. The van der Waals surface area contributed by atoms with Crippen LogP contribution in [0.1, 0.15) is 89.5 Å². The molecule has 0 unspecified atom stereocenters. The Labute approximate surface area is 324 Å². The molecule has 0 radical (unpaired) electrons. The number of hydrogen-bond donors (Lipinski definition) is 6. The van der Waals surface area contributed by atoms with Gasteiger partial charge < -0.3 is 41.8 Å². The van der Waals surface area contributed by atoms with Crippen molar-refractivity contribution in [2.45, 2.75) is 128 Å². The molecule has 0 aromatic heterocycles. The van der Waals surface area contributed by atoms with E-state index in [4.69, 9.17) is 26.8 Å². The van der Waals surface area contributed by atoms with Crippen molar-refractivity contribution < 1.29 is 33.4 Å². The highest BCUT2D eigenvalue weighted by Gasteiger charge is 2.28. The quantitative estimate of drug-likeness (QED) is 0.122. The zero-order valence-electron chi connectivity index (χ0n) is 32.5. The molecule has 2 aromatic carbocycles. The molecule has 0 bridgehead atoms. The molecule has 0 fully saturated rings. The number of halogens is 1. The summed E-state index contributed by atoms with van der Waals surface area (Å²) >= 11 is 5.58. The van der Waals surface area contributed by atoms with Gasteiger partial charge in [-0.15, -0.1) is 11.6 Å². The fourth-order valence-corrected chi connectivity index (χ4v) is 6.28. The van der Waals surface area contributed by atoms with Gasteiger partial charge in [0.1, 0.15) is 23.1 Å². The minimum atomic E-state index is -0.703. The van der Waals surface area contributed by atoms with Gasteiger partial charge in [-0.25, -0.2) is 9.59 Å². The average Bonchev–Trinajstić information content (AvgIpc) is 3.69. The summed E-state index contributed by atoms with van der Waals surface area (Å²) in [6, 6.07) is 15.2. The lowest BCUT2D eigenvalue weighted by atomic mass is 10.1. The van der Waals surface area contributed by atoms with E-state index in [1.54, 1.807) is 20.8 Å². The first-order valence-electron chi connectivity index (χ1n) is 18.7. The average molecular weight is 771 g/mol. The Morgan fingerprint density at radius 1 is 0.685 bits per heavy atom. The van der Waals surface area contributed by atoms with Crippen LogP contribution >= 0.6 is 11.6 Å². The molecule has 2 aliphatic carbocycles. The Morgan fingerprint density at radius 2 is 1.07 bits per heavy atom. The summed E-state index contributed by atoms with van der Waals surface area (Å²) in [6.45, 7) is 11.6. The van der Waals surface area contributed by atoms with Gasteiger partial charge >= 0.3 is 12.2 Å². The molecular formula is C40H59ClN6O7. The van der Waals surface area contributed by atoms with Crippen LogP contribution in [0.4, 0.5) is 9.59 Å². The Morgan fingerprint density at radius 3 is 1.46 bits per heavy atom. The maximum absolute atomic E-state index is 12.7. The highest BCUT2D eigenvalue weighted by molar-refractivity contribution is 6.27. The number of benzene rings is 2. The van der Waals surface area contributed by atoms with E-state index in [2.05, 4.69) is 50.8 Å². The second-order valence-electron chi connectivity index (χ2n) is 15.8. The third-order valence-corrected chi connectivity index (χ3v) is 8.85. The smallest absolute Gasteiger partial charge is 0.407 e. The molecule has 298 valence electrons. The van der Waals surface area contributed by atoms with E-state index < -0.39 is 41.4 Å². The Kier molecular flexibility index (Phi) is 17.1. The zero-order chi connectivity index (χ0) is 39.9. The zero-order valence-corrected chi connectivity index (χ0v) is 33.3. The summed E-state index contributed by atoms with van der Waals surface area (Å²) in [5.74, 6) is -0.982. The predicted molar refractivity (Wildman–Crippen MR) is 209 cm³/mol. The van der Waals surface area contributed by atoms with Crippen LogP contribution in [0.3, 0.4) is 0 Å². The first kappa shape index (κ1) is 44.0. The van der Waals surface area contributed by atoms with E-state index in [1.165, 1.54) is 22.3 Å². The van der Waals surface area contributed by atoms with Crippen LogP contribution in [0, 0.1) is 0 Å². The van der Waals surface area contributed by atoms with Gasteiger partial charge in [0.05, 0.1) is 6.04 Å². The summed E-state index contributed by atoms with van der Waals surface area (Å²) in [6.07, 6.45) is 4.33. The Balaban J connectivity index is 0.000000294. The van der Waals surface area contributed by atoms with E-state index in [0.717, 1.165) is 25.7 Å². The largest absolute Gasteiger partial charge is 0.444 e. The van der Waals surface area contributed by atoms with Crippen molar-refractivity contribution in [2.75, 3.05) is 19.0 Å². The lowest BCUT2D eigenvalue weighted by Crippen LogP contribution is -2.50. The van der Waals surface area contributed by atoms with E-state index in [9.17, 15) is 24.0 Å². The second kappa shape index (κ2) is 20.9. The van der Waals surface area contributed by atoms with Crippen LogP contribution < -0.4 is 32.3 Å². The van der Waals surface area contributed by atoms with E-state index in [1.807, 2.05) is 45.0 Å². The summed E-state index contributed by atoms with van der Waals surface area (Å²) in [5, 5.41) is 14.0. The molecular weight excluding hydrogens is 712 g/mol. The molecule has 14 heteroatoms. The van der Waals surface area contributed by atoms with E-state index in [0.29, 0.717) is 38.8 Å². The molecule has 0 saturated carbocycles. The van der Waals surface area contributed by atoms with Gasteiger partial charge in [-0.2, -0.15) is 0 Å². The molecule has 4 rings (SSSR count). The minimum absolute atomic E-state index is 0.00944. The Bertz CT molecular complexity index is 1520. The Hall–Kier alpha value is -4.36. The first-order chi connectivity index (χ1) is 25.4. The number of nitrogens with one attached hydrogen (secondary N) is 5. The molecule has 0 saturated heterocycles. The van der Waals surface area contributed by atoms with Crippen molar-refractivity contribution in [3.8, 4) is 0 Å². The van der Waals surface area contributed by atoms with Gasteiger partial charge in [0.15, 0.2) is 0 Å². The number of fused-ring (bicyclic) bond motifs is 2. The molecule has 0 aliphatic heterocycles. The monoisotopic (exact) mass is 770 g/mol. The van der Waals surface area contributed by atoms with E-state index in [-0.39, 0.29) is 29.8 Å². The third kappa shape index (κ3) is 16.3. The van der Waals surface area contributed by atoms with Gasteiger partial charge in [-0.3, -0.25) is 14.4 Å². The SMILES string of the molecule is CC(C)(C)OC(=O)NCCC[C@@H](N)C(=O)NC1Cc2ccccc2C1.CC(C)(C)OC(=O)NCCC[C@@H](NC(=O)CCl)C(=O)NC1Cc2ccccc2C1. The number of ether oxygens (including phenoxy) is 2. The van der Waals surface area contributed by atoms with Gasteiger partial charge in [0.2, 0.25) is 17.7 Å². The maximum Gasteiger partial charge on any atom is 0.407 e. The topological polar surface area (TPSA) is 190 Å². The van der Waals surface area contributed by atoms with Gasteiger partial charge in [0, 0.05) is 25.2 Å². The fraction of sp³-hybridized carbons (Fsp3) is 0.575. The van der Waals surface area contributed by atoms with Crippen molar-refractivity contribution >= 4 is 41.5 Å². The molecule has 2 aromatic rings. The molecule has 7 N–H and O–H groups in total. The molecule has 0 heterocycles. The van der Waals surface area contributed by atoms with Crippen LogP contribution in [-0.4, -0.2) is 84.2 Å². The van der Waals surface area contributed by atoms with Gasteiger partial charge in [-0.1, -0.05) is 48.5 Å². The summed E-state index contributed by atoms with van der Waals surface area (Å²) in [4.78, 5) is 59.9. The molecule has 54 heavy (non-hydrogen) atoms. The maximum atomic E-state index is 12.7. The van der Waals surface area contributed by atoms with Crippen molar-refractivity contribution in [2.24, 2.45) is 5.73 Å². The second-order valence-corrected chi connectivity index (χ2v) is 16.0. The van der Waals surface area contributed by atoms with Crippen molar-refractivity contribution in [3.63, 3.8) is 0 Å². The molecule has 13 nitrogen and oxygen atoms in total. The highest BCUT2D eigenvalue weighted by atomic mass is 35.5. The number of alkyl halides is 1. The number of alkyl carbamates (subject to hydrolysis) is 2. The molecule has 5 amide bonds. The van der Waals surface area contributed by atoms with Crippen molar-refractivity contribution in [3.05, 3.63) is 70.8 Å². The normalized spacial score (nSPS) is 15.0. The van der Waals surface area contributed by atoms with Crippen LogP contribution in [0.25, 0.3) is 0 Å². The highest BCUT2D eigenvalue weighted by Crippen LogP contribution is 2.23. The number of carbonyl (C=O) groups excluding carboxylic acids is 5. The summed E-state index contributed by atoms with van der Waals surface area (Å²) in [5.41, 5.74) is 9.94. The number of amides is 5. The fourth-order valence-electron chi connectivity index (χ4n) is 6.20. The van der Waals surface area contributed by atoms with Crippen molar-refractivity contribution in [1.29, 1.82) is 0 Å². The van der Waals surface area contributed by atoms with Crippen LogP contribution in [0.15, 0.2) is 48.5 Å². The number of rotatable bonds is 14. The van der Waals surface area contributed by atoms with Crippen molar-refractivity contribution in [1.82, 2.24) is 26.6 Å². The number of carbonyl (C=O) groups is 5. The van der Waals surface area contributed by atoms with Crippen LogP contribution in [0.2, 0.25) is 0 Å². The van der Waals surface area contributed by atoms with E-state index >= 15 is 0 Å². The predicted octanol–water partition coefficient (Wildman–Crippen LogP) is 4.20. The molecule has 0 spiro atoms. The lowest BCUT2D eigenvalue weighted by Gasteiger charge is -2.22. The van der Waals surface area contributed by atoms with Gasteiger partial charge in [-0.05, 0) is 115 Å². The third-order valence-electron chi connectivity index (χ3n) is 8.60. The van der Waals surface area contributed by atoms with Crippen LogP contribution in [-0.2, 0) is 49.5 Å². The molecule has 2 atom stereocenters. The van der Waals surface area contributed by atoms with Crippen LogP contribution in [0.5, 0.6) is 0 Å². The first-order valence-corrected chi connectivity index (χ1v) is 19.2. The standard InChI is InChI=1S/C21H30ClN3O4.C19H29N3O3/c1-21(2,3)29-20(28)23-10-6-9-17(25-18(26)13-22)19(27)24-16-11-14-7-4-5-8-15(14)12-16;1-19(2,3)25-18(24)21-10-6-9-16(20)17(23)22-15-11-13-7-4-5-8-14(13)12-15/h4-5,7-8,16-17H,6,9-13H2,1-3H3,(H,23,28)(H,24,27)(H,25,26);4-5,7-8,15-16H,6,9-12,20H2,1-3H3,(H,21,24)(H,22,23)/t17-;16-/m11/s1. The lowest BCUT2D eigenvalue weighted by molar-refractivity contribution is -0.128. The summed E-state index contributed by atoms with van der Waals surface area (Å²) in [7, 11) is 0. The minimum Gasteiger partial charge on any atom is -0.444 e. The molecule has 2 aliphatic rings. The summed E-state index contributed by atoms with van der Waals surface area (Å²) < 4.78 is 10.3.